The van der Waals surface area contributed by atoms with Gasteiger partial charge in [-0.15, -0.1) is 0 Å². The Kier molecular flexibility index (Phi) is 10.5. The summed E-state index contributed by atoms with van der Waals surface area (Å²) in [6.07, 6.45) is 0.215. The molecule has 0 aromatic heterocycles. The molecule has 1 N–H and O–H groups in total. The average Bonchev–Trinajstić information content (AvgIpc) is 3.03. The third-order valence-corrected chi connectivity index (χ3v) is 8.62. The highest BCUT2D eigenvalue weighted by Gasteiger charge is 2.34. The van der Waals surface area contributed by atoms with Gasteiger partial charge in [0.25, 0.3) is 10.0 Å². The van der Waals surface area contributed by atoms with Gasteiger partial charge in [-0.3, -0.25) is 13.9 Å². The van der Waals surface area contributed by atoms with Gasteiger partial charge in [-0.05, 0) is 66.6 Å². The van der Waals surface area contributed by atoms with E-state index in [0.717, 1.165) is 39.7 Å². The molecule has 0 aliphatic rings. The number of nitrogens with one attached hydrogen (secondary N) is 1. The standard InChI is InChI=1S/C33H34FN3O5S/c1-3-42-29-18-16-28(17-19-29)37(43(40,41)30-20-14-27(34)15-21-30)24-32(38)36(23-26-12-8-5-9-13-26)31(33(39)35-2)22-25-10-6-4-7-11-25/h4-21,31H,3,22-24H2,1-2H3,(H,35,39)/t31-/m1/s1. The van der Waals surface area contributed by atoms with Gasteiger partial charge >= 0.3 is 0 Å². The largest absolute Gasteiger partial charge is 0.494 e. The van der Waals surface area contributed by atoms with E-state index in [0.29, 0.717) is 12.4 Å². The normalized spacial score (nSPS) is 11.8. The van der Waals surface area contributed by atoms with Gasteiger partial charge in [0.05, 0.1) is 17.2 Å². The number of carbonyl (C=O) groups excluding carboxylic acids is 2. The zero-order valence-electron chi connectivity index (χ0n) is 24.0. The lowest BCUT2D eigenvalue weighted by Gasteiger charge is -2.33. The Bertz CT molecular complexity index is 1600. The van der Waals surface area contributed by atoms with Crippen LogP contribution in [0.25, 0.3) is 0 Å². The van der Waals surface area contributed by atoms with Gasteiger partial charge in [-0.1, -0.05) is 60.7 Å². The molecule has 8 nitrogen and oxygen atoms in total. The van der Waals surface area contributed by atoms with Crippen molar-refractivity contribution >= 4 is 27.5 Å². The smallest absolute Gasteiger partial charge is 0.264 e. The summed E-state index contributed by atoms with van der Waals surface area (Å²) >= 11 is 0. The van der Waals surface area contributed by atoms with Crippen LogP contribution in [-0.4, -0.2) is 51.4 Å². The van der Waals surface area contributed by atoms with Gasteiger partial charge in [0.2, 0.25) is 11.8 Å². The first-order valence-corrected chi connectivity index (χ1v) is 15.3. The van der Waals surface area contributed by atoms with E-state index in [2.05, 4.69) is 5.32 Å². The summed E-state index contributed by atoms with van der Waals surface area (Å²) < 4.78 is 48.1. The molecule has 10 heteroatoms. The number of likely N-dealkylation sites (N-methyl/N-ethyl adjacent to an activating group) is 1. The third kappa shape index (κ3) is 7.98. The fourth-order valence-electron chi connectivity index (χ4n) is 4.64. The number of halogens is 1. The number of hydrogen-bond acceptors (Lipinski definition) is 5. The second-order valence-electron chi connectivity index (χ2n) is 9.72. The van der Waals surface area contributed by atoms with Crippen molar-refractivity contribution in [2.45, 2.75) is 30.8 Å². The molecule has 4 aromatic rings. The first-order chi connectivity index (χ1) is 20.7. The molecule has 0 fully saturated rings. The van der Waals surface area contributed by atoms with Gasteiger partial charge in [0.1, 0.15) is 24.2 Å². The Labute approximate surface area is 251 Å². The van der Waals surface area contributed by atoms with Crippen molar-refractivity contribution < 1.29 is 27.1 Å². The van der Waals surface area contributed by atoms with E-state index in [1.807, 2.05) is 67.6 Å². The number of anilines is 1. The number of hydrogen-bond donors (Lipinski definition) is 1. The minimum Gasteiger partial charge on any atom is -0.494 e. The lowest BCUT2D eigenvalue weighted by Crippen LogP contribution is -2.53. The fourth-order valence-corrected chi connectivity index (χ4v) is 6.05. The highest BCUT2D eigenvalue weighted by atomic mass is 32.2. The molecule has 43 heavy (non-hydrogen) atoms. The van der Waals surface area contributed by atoms with Crippen LogP contribution in [0.3, 0.4) is 0 Å². The molecule has 0 aliphatic carbocycles. The molecular formula is C33H34FN3O5S. The van der Waals surface area contributed by atoms with Crippen molar-refractivity contribution in [3.8, 4) is 5.75 Å². The van der Waals surface area contributed by atoms with Crippen LogP contribution in [0.2, 0.25) is 0 Å². The van der Waals surface area contributed by atoms with Crippen molar-refractivity contribution in [2.24, 2.45) is 0 Å². The molecule has 0 bridgehead atoms. The molecule has 0 radical (unpaired) electrons. The van der Waals surface area contributed by atoms with Gasteiger partial charge in [0.15, 0.2) is 0 Å². The highest BCUT2D eigenvalue weighted by molar-refractivity contribution is 7.92. The maximum Gasteiger partial charge on any atom is 0.264 e. The predicted octanol–water partition coefficient (Wildman–Crippen LogP) is 4.81. The Morgan fingerprint density at radius 3 is 1.98 bits per heavy atom. The molecule has 4 aromatic carbocycles. The van der Waals surface area contributed by atoms with Crippen LogP contribution in [0.15, 0.2) is 114 Å². The Morgan fingerprint density at radius 2 is 1.42 bits per heavy atom. The van der Waals surface area contributed by atoms with Gasteiger partial charge in [0, 0.05) is 20.0 Å². The molecule has 0 unspecified atom stereocenters. The zero-order valence-corrected chi connectivity index (χ0v) is 24.8. The lowest BCUT2D eigenvalue weighted by atomic mass is 10.0. The molecular weight excluding hydrogens is 569 g/mol. The Hall–Kier alpha value is -4.70. The maximum absolute atomic E-state index is 14.2. The van der Waals surface area contributed by atoms with Crippen LogP contribution in [0.1, 0.15) is 18.1 Å². The first kappa shape index (κ1) is 31.2. The lowest BCUT2D eigenvalue weighted by molar-refractivity contribution is -0.139. The van der Waals surface area contributed by atoms with Crippen LogP contribution in [-0.2, 0) is 32.6 Å². The van der Waals surface area contributed by atoms with Gasteiger partial charge in [-0.2, -0.15) is 0 Å². The zero-order chi connectivity index (χ0) is 30.8. The molecule has 0 heterocycles. The van der Waals surface area contributed by atoms with Crippen LogP contribution in [0, 0.1) is 5.82 Å². The monoisotopic (exact) mass is 603 g/mol. The number of sulfonamides is 1. The number of amides is 2. The Balaban J connectivity index is 1.77. The van der Waals surface area contributed by atoms with E-state index in [9.17, 15) is 22.4 Å². The number of carbonyl (C=O) groups is 2. The van der Waals surface area contributed by atoms with Crippen molar-refractivity contribution in [2.75, 3.05) is 24.5 Å². The molecule has 1 atom stereocenters. The summed E-state index contributed by atoms with van der Waals surface area (Å²) in [6.45, 7) is 1.71. The highest BCUT2D eigenvalue weighted by Crippen LogP contribution is 2.27. The van der Waals surface area contributed by atoms with Crippen LogP contribution in [0.5, 0.6) is 5.75 Å². The van der Waals surface area contributed by atoms with Crippen molar-refractivity contribution in [1.82, 2.24) is 10.2 Å². The topological polar surface area (TPSA) is 96.0 Å². The molecule has 0 aliphatic heterocycles. The summed E-state index contributed by atoms with van der Waals surface area (Å²) in [5.74, 6) is -1.04. The molecule has 4 rings (SSSR count). The average molecular weight is 604 g/mol. The van der Waals surface area contributed by atoms with E-state index in [1.165, 1.54) is 11.9 Å². The van der Waals surface area contributed by atoms with Crippen molar-refractivity contribution in [1.29, 1.82) is 0 Å². The minimum absolute atomic E-state index is 0.0678. The maximum atomic E-state index is 14.2. The summed E-state index contributed by atoms with van der Waals surface area (Å²) in [5.41, 5.74) is 1.82. The first-order valence-electron chi connectivity index (χ1n) is 13.8. The van der Waals surface area contributed by atoms with Crippen LogP contribution in [0.4, 0.5) is 10.1 Å². The van der Waals surface area contributed by atoms with Crippen LogP contribution >= 0.6 is 0 Å². The van der Waals surface area contributed by atoms with Crippen LogP contribution < -0.4 is 14.4 Å². The number of rotatable bonds is 13. The minimum atomic E-state index is -4.33. The van der Waals surface area contributed by atoms with E-state index in [1.54, 1.807) is 24.3 Å². The summed E-state index contributed by atoms with van der Waals surface area (Å²) in [5, 5.41) is 2.66. The van der Waals surface area contributed by atoms with E-state index in [-0.39, 0.29) is 29.5 Å². The summed E-state index contributed by atoms with van der Waals surface area (Å²) in [7, 11) is -2.83. The Morgan fingerprint density at radius 1 is 0.837 bits per heavy atom. The number of ether oxygens (including phenoxy) is 1. The van der Waals surface area contributed by atoms with E-state index in [4.69, 9.17) is 4.74 Å². The summed E-state index contributed by atoms with van der Waals surface area (Å²) in [4.78, 5) is 28.7. The second kappa shape index (κ2) is 14.5. The molecule has 224 valence electrons. The second-order valence-corrected chi connectivity index (χ2v) is 11.6. The van der Waals surface area contributed by atoms with E-state index < -0.39 is 34.3 Å². The number of nitrogens with zero attached hydrogens (tertiary/aromatic N) is 2. The van der Waals surface area contributed by atoms with Crippen molar-refractivity contribution in [3.05, 3.63) is 126 Å². The quantitative estimate of drug-likeness (QED) is 0.237. The third-order valence-electron chi connectivity index (χ3n) is 6.83. The predicted molar refractivity (Wildman–Crippen MR) is 164 cm³/mol. The molecule has 0 saturated heterocycles. The molecule has 0 saturated carbocycles. The van der Waals surface area contributed by atoms with Gasteiger partial charge in [-0.25, -0.2) is 12.8 Å². The fraction of sp³-hybridized carbons (Fsp3) is 0.212. The molecule has 0 spiro atoms. The SMILES string of the molecule is CCOc1ccc(N(CC(=O)N(Cc2ccccc2)[C@H](Cc2ccccc2)C(=O)NC)S(=O)(=O)c2ccc(F)cc2)cc1. The van der Waals surface area contributed by atoms with Crippen molar-refractivity contribution in [3.63, 3.8) is 0 Å². The molecule has 2 amide bonds. The summed E-state index contributed by atoms with van der Waals surface area (Å²) in [6, 6.07) is 28.3. The van der Waals surface area contributed by atoms with Gasteiger partial charge < -0.3 is 15.0 Å². The number of benzene rings is 4. The van der Waals surface area contributed by atoms with E-state index >= 15 is 0 Å².